The number of anilines is 2. The van der Waals surface area contributed by atoms with Crippen molar-refractivity contribution in [3.63, 3.8) is 0 Å². The Labute approximate surface area is 140 Å². The maximum atomic E-state index is 12.3. The van der Waals surface area contributed by atoms with E-state index in [1.165, 1.54) is 6.92 Å². The lowest BCUT2D eigenvalue weighted by Crippen LogP contribution is -2.30. The van der Waals surface area contributed by atoms with Gasteiger partial charge in [-0.15, -0.1) is 0 Å². The van der Waals surface area contributed by atoms with Gasteiger partial charge in [-0.05, 0) is 45.7 Å². The van der Waals surface area contributed by atoms with Crippen LogP contribution in [0.5, 0.6) is 0 Å². The Morgan fingerprint density at radius 1 is 1.21 bits per heavy atom. The third-order valence-corrected chi connectivity index (χ3v) is 3.67. The molecular weight excluding hydrogens is 310 g/mol. The van der Waals surface area contributed by atoms with Crippen LogP contribution >= 0.6 is 0 Å². The van der Waals surface area contributed by atoms with Crippen molar-refractivity contribution >= 4 is 23.4 Å². The second-order valence-electron chi connectivity index (χ2n) is 5.82. The molecule has 0 radical (unpaired) electrons. The second-order valence-corrected chi connectivity index (χ2v) is 5.82. The summed E-state index contributed by atoms with van der Waals surface area (Å²) in [6.45, 7) is 8.87. The van der Waals surface area contributed by atoms with E-state index >= 15 is 0 Å². The van der Waals surface area contributed by atoms with E-state index in [0.717, 1.165) is 16.7 Å². The van der Waals surface area contributed by atoms with E-state index in [-0.39, 0.29) is 11.4 Å². The van der Waals surface area contributed by atoms with Gasteiger partial charge in [0.2, 0.25) is 5.88 Å². The van der Waals surface area contributed by atoms with Crippen molar-refractivity contribution in [2.45, 2.75) is 40.7 Å². The minimum atomic E-state index is -0.994. The van der Waals surface area contributed by atoms with Crippen molar-refractivity contribution in [3.8, 4) is 0 Å². The fourth-order valence-corrected chi connectivity index (χ4v) is 2.51. The van der Waals surface area contributed by atoms with Gasteiger partial charge in [0, 0.05) is 5.69 Å². The van der Waals surface area contributed by atoms with Crippen LogP contribution in [0.25, 0.3) is 0 Å². The lowest BCUT2D eigenvalue weighted by Gasteiger charge is -2.16. The number of rotatable bonds is 4. The van der Waals surface area contributed by atoms with Crippen molar-refractivity contribution < 1.29 is 18.8 Å². The van der Waals surface area contributed by atoms with Crippen molar-refractivity contribution in [2.75, 3.05) is 11.1 Å². The summed E-state index contributed by atoms with van der Waals surface area (Å²) in [5, 5.41) is 6.39. The number of nitrogens with zero attached hydrogens (tertiary/aromatic N) is 1. The normalized spacial score (nSPS) is 11.9. The Hall–Kier alpha value is -2.83. The fourth-order valence-electron chi connectivity index (χ4n) is 2.51. The number of esters is 1. The van der Waals surface area contributed by atoms with Gasteiger partial charge in [0.1, 0.15) is 5.56 Å². The molecule has 2 aromatic rings. The average molecular weight is 331 g/mol. The maximum absolute atomic E-state index is 12.3. The van der Waals surface area contributed by atoms with Gasteiger partial charge in [0.25, 0.3) is 5.91 Å². The van der Waals surface area contributed by atoms with Crippen LogP contribution in [0.15, 0.2) is 16.7 Å². The number of nitrogens with two attached hydrogens (primary N) is 1. The lowest BCUT2D eigenvalue weighted by atomic mass is 10.0. The molecule has 3 N–H and O–H groups in total. The molecule has 1 aromatic carbocycles. The van der Waals surface area contributed by atoms with Crippen LogP contribution in [-0.4, -0.2) is 23.1 Å². The highest BCUT2D eigenvalue weighted by molar-refractivity contribution is 6.00. The average Bonchev–Trinajstić information content (AvgIpc) is 2.81. The van der Waals surface area contributed by atoms with Crippen molar-refractivity contribution in [1.82, 2.24) is 5.16 Å². The molecule has 0 aliphatic carbocycles. The summed E-state index contributed by atoms with van der Waals surface area (Å²) >= 11 is 0. The molecule has 1 atom stereocenters. The SMILES string of the molecule is Cc1cc(C)c(NC(=O)[C@H](C)OC(=O)c2c(C)noc2N)c(C)c1. The number of nitrogens with one attached hydrogen (secondary N) is 1. The number of amides is 1. The minimum Gasteiger partial charge on any atom is -0.449 e. The minimum absolute atomic E-state index is 0.0392. The number of hydrogen-bond acceptors (Lipinski definition) is 6. The molecule has 0 aliphatic heterocycles. The Kier molecular flexibility index (Phi) is 4.92. The van der Waals surface area contributed by atoms with Gasteiger partial charge in [0.05, 0.1) is 5.69 Å². The zero-order chi connectivity index (χ0) is 18.0. The molecule has 2 rings (SSSR count). The molecule has 1 amide bonds. The number of carbonyl (C=O) groups is 2. The van der Waals surface area contributed by atoms with Crippen molar-refractivity contribution in [3.05, 3.63) is 40.1 Å². The largest absolute Gasteiger partial charge is 0.449 e. The first-order valence-electron chi connectivity index (χ1n) is 7.52. The Bertz CT molecular complexity index is 753. The first kappa shape index (κ1) is 17.5. The van der Waals surface area contributed by atoms with E-state index in [1.807, 2.05) is 32.9 Å². The molecule has 0 unspecified atom stereocenters. The van der Waals surface area contributed by atoms with Gasteiger partial charge < -0.3 is 20.3 Å². The van der Waals surface area contributed by atoms with Gasteiger partial charge >= 0.3 is 5.97 Å². The molecule has 1 heterocycles. The molecule has 24 heavy (non-hydrogen) atoms. The predicted molar refractivity (Wildman–Crippen MR) is 89.8 cm³/mol. The quantitative estimate of drug-likeness (QED) is 0.834. The summed E-state index contributed by atoms with van der Waals surface area (Å²) in [7, 11) is 0. The van der Waals surface area contributed by atoms with Gasteiger partial charge in [-0.25, -0.2) is 4.79 Å². The molecule has 0 saturated carbocycles. The van der Waals surface area contributed by atoms with E-state index in [1.54, 1.807) is 6.92 Å². The number of carbonyl (C=O) groups excluding carboxylic acids is 2. The summed E-state index contributed by atoms with van der Waals surface area (Å²) in [4.78, 5) is 24.4. The van der Waals surface area contributed by atoms with Crippen LogP contribution in [0.3, 0.4) is 0 Å². The lowest BCUT2D eigenvalue weighted by molar-refractivity contribution is -0.123. The van der Waals surface area contributed by atoms with Gasteiger partial charge in [-0.1, -0.05) is 22.9 Å². The first-order valence-corrected chi connectivity index (χ1v) is 7.52. The smallest absolute Gasteiger partial charge is 0.346 e. The number of hydrogen-bond donors (Lipinski definition) is 2. The number of benzene rings is 1. The van der Waals surface area contributed by atoms with E-state index in [0.29, 0.717) is 11.4 Å². The summed E-state index contributed by atoms with van der Waals surface area (Å²) in [5.41, 5.74) is 9.61. The van der Waals surface area contributed by atoms with Gasteiger partial charge in [0.15, 0.2) is 6.10 Å². The summed E-state index contributed by atoms with van der Waals surface area (Å²) in [5.74, 6) is -1.30. The highest BCUT2D eigenvalue weighted by Gasteiger charge is 2.25. The van der Waals surface area contributed by atoms with E-state index < -0.39 is 18.0 Å². The van der Waals surface area contributed by atoms with E-state index in [9.17, 15) is 9.59 Å². The monoisotopic (exact) mass is 331 g/mol. The topological polar surface area (TPSA) is 107 Å². The van der Waals surface area contributed by atoms with Crippen molar-refractivity contribution in [1.29, 1.82) is 0 Å². The molecule has 0 saturated heterocycles. The molecular formula is C17H21N3O4. The third-order valence-electron chi connectivity index (χ3n) is 3.67. The molecule has 7 nitrogen and oxygen atoms in total. The number of ether oxygens (including phenoxy) is 1. The Morgan fingerprint density at radius 3 is 2.29 bits per heavy atom. The van der Waals surface area contributed by atoms with Crippen LogP contribution < -0.4 is 11.1 Å². The Balaban J connectivity index is 2.09. The van der Waals surface area contributed by atoms with Crippen LogP contribution in [0.2, 0.25) is 0 Å². The van der Waals surface area contributed by atoms with E-state index in [4.69, 9.17) is 15.0 Å². The predicted octanol–water partition coefficient (Wildman–Crippen LogP) is 2.67. The molecule has 7 heteroatoms. The summed E-state index contributed by atoms with van der Waals surface area (Å²) in [6, 6.07) is 3.95. The van der Waals surface area contributed by atoms with Gasteiger partial charge in [-0.3, -0.25) is 4.79 Å². The first-order chi connectivity index (χ1) is 11.2. The molecule has 0 aliphatic rings. The van der Waals surface area contributed by atoms with Crippen LogP contribution in [-0.2, 0) is 9.53 Å². The number of aryl methyl sites for hydroxylation is 4. The number of nitrogen functional groups attached to an aromatic ring is 1. The highest BCUT2D eigenvalue weighted by atomic mass is 16.5. The number of aromatic nitrogens is 1. The highest BCUT2D eigenvalue weighted by Crippen LogP contribution is 2.23. The maximum Gasteiger partial charge on any atom is 0.346 e. The summed E-state index contributed by atoms with van der Waals surface area (Å²) < 4.78 is 9.89. The van der Waals surface area contributed by atoms with Crippen LogP contribution in [0, 0.1) is 27.7 Å². The van der Waals surface area contributed by atoms with E-state index in [2.05, 4.69) is 10.5 Å². The Morgan fingerprint density at radius 2 is 1.79 bits per heavy atom. The van der Waals surface area contributed by atoms with Crippen LogP contribution in [0.1, 0.15) is 39.7 Å². The fraction of sp³-hybridized carbons (Fsp3) is 0.353. The third kappa shape index (κ3) is 3.56. The zero-order valence-electron chi connectivity index (χ0n) is 14.4. The van der Waals surface area contributed by atoms with Gasteiger partial charge in [-0.2, -0.15) is 0 Å². The zero-order valence-corrected chi connectivity index (χ0v) is 14.4. The van der Waals surface area contributed by atoms with Crippen LogP contribution in [0.4, 0.5) is 11.6 Å². The molecule has 0 fully saturated rings. The molecule has 1 aromatic heterocycles. The van der Waals surface area contributed by atoms with Crippen molar-refractivity contribution in [2.24, 2.45) is 0 Å². The second kappa shape index (κ2) is 6.74. The molecule has 128 valence electrons. The molecule has 0 spiro atoms. The standard InChI is InChI=1S/C17H21N3O4/c1-8-6-9(2)14(10(3)7-8)19-16(21)12(5)23-17(22)13-11(4)20-24-15(13)18/h6-7,12H,18H2,1-5H3,(H,19,21)/t12-/m0/s1. The molecule has 0 bridgehead atoms. The summed E-state index contributed by atoms with van der Waals surface area (Å²) in [6.07, 6.45) is -0.994.